The lowest BCUT2D eigenvalue weighted by atomic mass is 10.2. The molecular weight excluding hydrogens is 336 g/mol. The summed E-state index contributed by atoms with van der Waals surface area (Å²) in [5, 5.41) is 3.02. The van der Waals surface area contributed by atoms with Gasteiger partial charge in [-0.15, -0.1) is 0 Å². The number of hydrogen-bond donors (Lipinski definition) is 0. The highest BCUT2D eigenvalue weighted by molar-refractivity contribution is 6.71. The molecule has 0 aliphatic carbocycles. The maximum absolute atomic E-state index is 2.36. The van der Waals surface area contributed by atoms with Crippen LogP contribution in [0.4, 0.5) is 11.4 Å². The Morgan fingerprint density at radius 1 is 0.600 bits per heavy atom. The summed E-state index contributed by atoms with van der Waals surface area (Å²) in [5.41, 5.74) is 2.64. The molecule has 0 spiro atoms. The van der Waals surface area contributed by atoms with Gasteiger partial charge in [0.1, 0.15) is 0 Å². The van der Waals surface area contributed by atoms with E-state index in [1.807, 2.05) is 0 Å². The number of hydrogen-bond acceptors (Lipinski definition) is 2. The zero-order valence-corrected chi connectivity index (χ0v) is 18.6. The summed E-state index contributed by atoms with van der Waals surface area (Å²) < 4.78 is 0. The van der Waals surface area contributed by atoms with Crippen molar-refractivity contribution >= 4 is 39.3 Å². The Balaban J connectivity index is 1.82. The normalized spacial score (nSPS) is 11.2. The molecule has 0 N–H and O–H groups in total. The Hall–Kier alpha value is -1.53. The van der Waals surface area contributed by atoms with E-state index in [1.54, 1.807) is 0 Å². The Morgan fingerprint density at radius 3 is 1.20 bits per heavy atom. The Labute approximate surface area is 157 Å². The maximum atomic E-state index is 2.36. The predicted molar refractivity (Wildman–Crippen MR) is 118 cm³/mol. The second kappa shape index (κ2) is 9.25. The van der Waals surface area contributed by atoms with Gasteiger partial charge in [-0.3, -0.25) is 0 Å². The molecule has 0 unspecified atom stereocenters. The Bertz CT molecular complexity index is 578. The number of nitrogens with zero attached hydrogens (tertiary/aromatic N) is 2. The highest BCUT2D eigenvalue weighted by Gasteiger charge is 2.06. The van der Waals surface area contributed by atoms with Crippen molar-refractivity contribution in [3.05, 3.63) is 48.5 Å². The fourth-order valence-electron chi connectivity index (χ4n) is 2.90. The van der Waals surface area contributed by atoms with Crippen molar-refractivity contribution in [3.8, 4) is 0 Å². The van der Waals surface area contributed by atoms with E-state index in [9.17, 15) is 0 Å². The molecule has 0 saturated heterocycles. The molecule has 0 aliphatic rings. The van der Waals surface area contributed by atoms with E-state index < -0.39 is 0 Å². The minimum atomic E-state index is -0.344. The van der Waals surface area contributed by atoms with Crippen molar-refractivity contribution in [1.82, 2.24) is 0 Å². The molecule has 0 atom stereocenters. The second-order valence-corrected chi connectivity index (χ2v) is 12.4. The Morgan fingerprint density at radius 2 is 0.920 bits per heavy atom. The van der Waals surface area contributed by atoms with Crippen LogP contribution in [-0.4, -0.2) is 44.8 Å². The smallest absolute Gasteiger partial charge is 0.0791 e. The van der Waals surface area contributed by atoms with Crippen molar-refractivity contribution in [1.29, 1.82) is 0 Å². The average molecular weight is 369 g/mol. The molecule has 0 heterocycles. The molecule has 0 saturated carbocycles. The third kappa shape index (κ3) is 5.75. The molecule has 0 aliphatic heterocycles. The van der Waals surface area contributed by atoms with Crippen LogP contribution in [0.5, 0.6) is 0 Å². The van der Waals surface area contributed by atoms with E-state index in [-0.39, 0.29) is 17.6 Å². The lowest BCUT2D eigenvalue weighted by molar-refractivity contribution is 0.763. The largest absolute Gasteiger partial charge is 0.375 e. The Kier molecular flexibility index (Phi) is 7.32. The van der Waals surface area contributed by atoms with Gasteiger partial charge in [0, 0.05) is 38.6 Å². The summed E-state index contributed by atoms with van der Waals surface area (Å²) in [5.74, 6) is 0. The molecule has 25 heavy (non-hydrogen) atoms. The summed E-state index contributed by atoms with van der Waals surface area (Å²) in [4.78, 5) is 4.72. The van der Waals surface area contributed by atoms with Gasteiger partial charge in [-0.25, -0.2) is 0 Å². The van der Waals surface area contributed by atoms with Gasteiger partial charge in [0.25, 0.3) is 0 Å². The quantitative estimate of drug-likeness (QED) is 0.657. The second-order valence-electron chi connectivity index (χ2n) is 7.29. The first kappa shape index (κ1) is 19.8. The zero-order chi connectivity index (χ0) is 18.4. The monoisotopic (exact) mass is 368 g/mol. The fourth-order valence-corrected chi connectivity index (χ4v) is 4.57. The van der Waals surface area contributed by atoms with Gasteiger partial charge < -0.3 is 9.80 Å². The molecule has 2 aromatic rings. The third-order valence-electron chi connectivity index (χ3n) is 4.76. The van der Waals surface area contributed by atoms with Gasteiger partial charge in [0.05, 0.1) is 17.6 Å². The first-order valence-corrected chi connectivity index (χ1v) is 14.1. The highest BCUT2D eigenvalue weighted by atomic mass is 28.3. The lowest BCUT2D eigenvalue weighted by Gasteiger charge is -2.24. The molecule has 0 amide bonds. The van der Waals surface area contributed by atoms with Crippen LogP contribution in [-0.2, 0) is 0 Å². The van der Waals surface area contributed by atoms with Crippen molar-refractivity contribution in [2.45, 2.75) is 32.6 Å². The van der Waals surface area contributed by atoms with E-state index in [0.717, 1.165) is 19.5 Å². The highest BCUT2D eigenvalue weighted by Crippen LogP contribution is 2.13. The third-order valence-corrected chi connectivity index (χ3v) is 7.73. The first-order valence-electron chi connectivity index (χ1n) is 9.12. The minimum absolute atomic E-state index is 0.344. The summed E-state index contributed by atoms with van der Waals surface area (Å²) in [6, 6.07) is 18.3. The number of anilines is 2. The number of rotatable bonds is 8. The van der Waals surface area contributed by atoms with Crippen LogP contribution in [0.25, 0.3) is 0 Å². The molecule has 0 fully saturated rings. The molecule has 0 aromatic heterocycles. The minimum Gasteiger partial charge on any atom is -0.375 e. The van der Waals surface area contributed by atoms with E-state index in [0.29, 0.717) is 0 Å². The summed E-state index contributed by atoms with van der Waals surface area (Å²) in [6.07, 6.45) is 1.16. The topological polar surface area (TPSA) is 6.48 Å². The lowest BCUT2D eigenvalue weighted by Crippen LogP contribution is -2.27. The van der Waals surface area contributed by atoms with Crippen molar-refractivity contribution in [2.24, 2.45) is 0 Å². The van der Waals surface area contributed by atoms with E-state index in [4.69, 9.17) is 0 Å². The summed E-state index contributed by atoms with van der Waals surface area (Å²) in [6.45, 7) is 11.5. The van der Waals surface area contributed by atoms with Crippen LogP contribution in [0.15, 0.2) is 48.5 Å². The zero-order valence-electron chi connectivity index (χ0n) is 16.6. The van der Waals surface area contributed by atoms with Crippen molar-refractivity contribution in [3.63, 3.8) is 0 Å². The van der Waals surface area contributed by atoms with E-state index in [2.05, 4.69) is 98.6 Å². The van der Waals surface area contributed by atoms with Crippen LogP contribution in [0.2, 0.25) is 26.2 Å². The van der Waals surface area contributed by atoms with Gasteiger partial charge in [0.2, 0.25) is 0 Å². The van der Waals surface area contributed by atoms with Gasteiger partial charge in [-0.2, -0.15) is 0 Å². The standard InChI is InChI=1S/C21H32N2Si2/c1-22(18-8-12-20(13-9-18)24(3)4)16-7-17-23(2)19-10-14-21(15-11-19)25(5)6/h8-15H,7,16-17H2,1-6H3. The van der Waals surface area contributed by atoms with Crippen LogP contribution >= 0.6 is 0 Å². The molecule has 2 nitrogen and oxygen atoms in total. The van der Waals surface area contributed by atoms with Crippen molar-refractivity contribution < 1.29 is 0 Å². The van der Waals surface area contributed by atoms with Crippen molar-refractivity contribution in [2.75, 3.05) is 37.0 Å². The van der Waals surface area contributed by atoms with Gasteiger partial charge in [0.15, 0.2) is 0 Å². The summed E-state index contributed by atoms with van der Waals surface area (Å²) in [7, 11) is 3.70. The molecule has 4 heteroatoms. The van der Waals surface area contributed by atoms with Gasteiger partial charge in [-0.1, -0.05) is 60.8 Å². The average Bonchev–Trinajstić information content (AvgIpc) is 2.61. The molecule has 134 valence electrons. The molecule has 2 aromatic carbocycles. The fraction of sp³-hybridized carbons (Fsp3) is 0.429. The van der Waals surface area contributed by atoms with E-state index in [1.165, 1.54) is 21.7 Å². The van der Waals surface area contributed by atoms with Crippen LogP contribution in [0, 0.1) is 0 Å². The van der Waals surface area contributed by atoms with E-state index >= 15 is 0 Å². The van der Waals surface area contributed by atoms with Crippen LogP contribution < -0.4 is 20.2 Å². The van der Waals surface area contributed by atoms with Gasteiger partial charge in [-0.05, 0) is 30.7 Å². The van der Waals surface area contributed by atoms with Crippen LogP contribution in [0.1, 0.15) is 6.42 Å². The summed E-state index contributed by atoms with van der Waals surface area (Å²) >= 11 is 0. The number of benzene rings is 2. The predicted octanol–water partition coefficient (Wildman–Crippen LogP) is 3.57. The first-order chi connectivity index (χ1) is 11.9. The van der Waals surface area contributed by atoms with Crippen LogP contribution in [0.3, 0.4) is 0 Å². The molecule has 2 radical (unpaired) electrons. The molecule has 0 bridgehead atoms. The SMILES string of the molecule is CN(CCCN(C)c1ccc([Si](C)C)cc1)c1ccc([Si](C)C)cc1. The van der Waals surface area contributed by atoms with Gasteiger partial charge >= 0.3 is 0 Å². The molecule has 2 rings (SSSR count). The molecular formula is C21H32N2Si2. The maximum Gasteiger partial charge on any atom is 0.0791 e.